The number of halogens is 2. The standard InChI is InChI=1S/C24H16Br2O2S/c25-19-11-13-23(21(15-19)17-7-3-1-4-8-17)29(27,28)24-14-12-20(26)16-22(24)18-9-5-2-6-10-18/h1-16H. The third-order valence-electron chi connectivity index (χ3n) is 4.63. The Labute approximate surface area is 187 Å². The normalized spacial score (nSPS) is 11.4. The molecule has 0 saturated heterocycles. The van der Waals surface area contributed by atoms with Gasteiger partial charge in [-0.2, -0.15) is 0 Å². The van der Waals surface area contributed by atoms with E-state index in [2.05, 4.69) is 31.9 Å². The summed E-state index contributed by atoms with van der Waals surface area (Å²) in [7, 11) is -3.77. The molecule has 0 fully saturated rings. The molecule has 0 atom stereocenters. The van der Waals surface area contributed by atoms with Crippen LogP contribution in [-0.4, -0.2) is 8.42 Å². The second kappa shape index (κ2) is 8.27. The van der Waals surface area contributed by atoms with E-state index in [1.54, 1.807) is 24.3 Å². The highest BCUT2D eigenvalue weighted by Gasteiger charge is 2.25. The average molecular weight is 528 g/mol. The molecule has 2 nitrogen and oxygen atoms in total. The smallest absolute Gasteiger partial charge is 0.207 e. The van der Waals surface area contributed by atoms with Gasteiger partial charge in [0, 0.05) is 20.1 Å². The van der Waals surface area contributed by atoms with Crippen LogP contribution in [0.25, 0.3) is 22.3 Å². The minimum atomic E-state index is -3.77. The Hall–Kier alpha value is -2.21. The highest BCUT2D eigenvalue weighted by molar-refractivity contribution is 9.10. The van der Waals surface area contributed by atoms with Crippen molar-refractivity contribution in [1.29, 1.82) is 0 Å². The molecule has 0 spiro atoms. The lowest BCUT2D eigenvalue weighted by Crippen LogP contribution is -2.06. The minimum absolute atomic E-state index is 0.284. The molecule has 0 bridgehead atoms. The zero-order valence-corrected chi connectivity index (χ0v) is 19.2. The van der Waals surface area contributed by atoms with Crippen LogP contribution >= 0.6 is 31.9 Å². The molecule has 0 radical (unpaired) electrons. The Morgan fingerprint density at radius 2 is 0.897 bits per heavy atom. The highest BCUT2D eigenvalue weighted by Crippen LogP contribution is 2.38. The van der Waals surface area contributed by atoms with Crippen molar-refractivity contribution in [2.24, 2.45) is 0 Å². The second-order valence-electron chi connectivity index (χ2n) is 6.52. The van der Waals surface area contributed by atoms with Gasteiger partial charge in [-0.25, -0.2) is 8.42 Å². The van der Waals surface area contributed by atoms with E-state index >= 15 is 0 Å². The summed E-state index contributed by atoms with van der Waals surface area (Å²) in [6.07, 6.45) is 0. The van der Waals surface area contributed by atoms with E-state index in [4.69, 9.17) is 0 Å². The van der Waals surface area contributed by atoms with Gasteiger partial charge >= 0.3 is 0 Å². The summed E-state index contributed by atoms with van der Waals surface area (Å²) < 4.78 is 29.3. The van der Waals surface area contributed by atoms with E-state index in [1.807, 2.05) is 72.8 Å². The van der Waals surface area contributed by atoms with Crippen LogP contribution in [0.3, 0.4) is 0 Å². The summed E-state index contributed by atoms with van der Waals surface area (Å²) in [4.78, 5) is 0.567. The first-order valence-electron chi connectivity index (χ1n) is 8.92. The van der Waals surface area contributed by atoms with E-state index in [0.717, 1.165) is 20.1 Å². The summed E-state index contributed by atoms with van der Waals surface area (Å²) >= 11 is 6.95. The van der Waals surface area contributed by atoms with E-state index < -0.39 is 9.84 Å². The third kappa shape index (κ3) is 4.08. The van der Waals surface area contributed by atoms with Gasteiger partial charge in [-0.05, 0) is 47.5 Å². The largest absolute Gasteiger partial charge is 0.218 e. The van der Waals surface area contributed by atoms with Crippen molar-refractivity contribution in [3.63, 3.8) is 0 Å². The fraction of sp³-hybridized carbons (Fsp3) is 0. The van der Waals surface area contributed by atoms with Crippen molar-refractivity contribution in [1.82, 2.24) is 0 Å². The Morgan fingerprint density at radius 3 is 1.28 bits per heavy atom. The van der Waals surface area contributed by atoms with E-state index in [9.17, 15) is 8.42 Å². The van der Waals surface area contributed by atoms with Crippen molar-refractivity contribution in [2.75, 3.05) is 0 Å². The Kier molecular flexibility index (Phi) is 5.72. The van der Waals surface area contributed by atoms with Crippen molar-refractivity contribution in [2.45, 2.75) is 9.79 Å². The van der Waals surface area contributed by atoms with Gasteiger partial charge < -0.3 is 0 Å². The number of sulfone groups is 1. The molecular formula is C24H16Br2O2S. The molecule has 0 amide bonds. The maximum atomic E-state index is 13.8. The van der Waals surface area contributed by atoms with Gasteiger partial charge in [-0.15, -0.1) is 0 Å². The van der Waals surface area contributed by atoms with Crippen LogP contribution in [0.15, 0.2) is 116 Å². The quantitative estimate of drug-likeness (QED) is 0.277. The molecule has 0 aliphatic carbocycles. The van der Waals surface area contributed by atoms with Gasteiger partial charge in [-0.1, -0.05) is 92.5 Å². The average Bonchev–Trinajstić information content (AvgIpc) is 2.74. The maximum Gasteiger partial charge on any atom is 0.207 e. The van der Waals surface area contributed by atoms with Crippen LogP contribution in [0.4, 0.5) is 0 Å². The highest BCUT2D eigenvalue weighted by atomic mass is 79.9. The van der Waals surface area contributed by atoms with Crippen molar-refractivity contribution >= 4 is 41.7 Å². The van der Waals surface area contributed by atoms with Crippen LogP contribution in [0, 0.1) is 0 Å². The summed E-state index contributed by atoms with van der Waals surface area (Å²) in [5.41, 5.74) is 3.04. The number of rotatable bonds is 4. The summed E-state index contributed by atoms with van der Waals surface area (Å²) in [6.45, 7) is 0. The Bertz CT molecular complexity index is 1170. The monoisotopic (exact) mass is 526 g/mol. The van der Waals surface area contributed by atoms with Crippen LogP contribution in [-0.2, 0) is 9.84 Å². The SMILES string of the molecule is O=S(=O)(c1ccc(Br)cc1-c1ccccc1)c1ccc(Br)cc1-c1ccccc1. The number of hydrogen-bond acceptors (Lipinski definition) is 2. The Morgan fingerprint density at radius 1 is 0.517 bits per heavy atom. The van der Waals surface area contributed by atoms with Crippen molar-refractivity contribution in [3.05, 3.63) is 106 Å². The van der Waals surface area contributed by atoms with Crippen molar-refractivity contribution < 1.29 is 8.42 Å². The summed E-state index contributed by atoms with van der Waals surface area (Å²) in [5.74, 6) is 0. The zero-order valence-electron chi connectivity index (χ0n) is 15.2. The number of benzene rings is 4. The maximum absolute atomic E-state index is 13.8. The predicted octanol–water partition coefficient (Wildman–Crippen LogP) is 7.38. The summed E-state index contributed by atoms with van der Waals surface area (Å²) in [6, 6.07) is 29.7. The van der Waals surface area contributed by atoms with Gasteiger partial charge in [0.25, 0.3) is 0 Å². The van der Waals surface area contributed by atoms with E-state index in [1.165, 1.54) is 0 Å². The van der Waals surface area contributed by atoms with Crippen LogP contribution in [0.5, 0.6) is 0 Å². The van der Waals surface area contributed by atoms with Gasteiger partial charge in [-0.3, -0.25) is 0 Å². The van der Waals surface area contributed by atoms with Gasteiger partial charge in [0.15, 0.2) is 0 Å². The molecule has 4 aromatic rings. The molecule has 0 heterocycles. The summed E-state index contributed by atoms with van der Waals surface area (Å²) in [5, 5.41) is 0. The molecule has 5 heteroatoms. The topological polar surface area (TPSA) is 34.1 Å². The van der Waals surface area contributed by atoms with Crippen molar-refractivity contribution in [3.8, 4) is 22.3 Å². The molecule has 0 aliphatic rings. The fourth-order valence-electron chi connectivity index (χ4n) is 3.28. The van der Waals surface area contributed by atoms with Gasteiger partial charge in [0.2, 0.25) is 9.84 Å². The molecular weight excluding hydrogens is 512 g/mol. The first-order valence-corrected chi connectivity index (χ1v) is 12.0. The lowest BCUT2D eigenvalue weighted by atomic mass is 10.1. The first kappa shape index (κ1) is 20.1. The van der Waals surface area contributed by atoms with E-state index in [0.29, 0.717) is 11.1 Å². The number of hydrogen-bond donors (Lipinski definition) is 0. The second-order valence-corrected chi connectivity index (χ2v) is 10.2. The lowest BCUT2D eigenvalue weighted by molar-refractivity contribution is 0.596. The molecule has 0 aliphatic heterocycles. The molecule has 144 valence electrons. The van der Waals surface area contributed by atoms with Crippen LogP contribution < -0.4 is 0 Å². The predicted molar refractivity (Wildman–Crippen MR) is 125 cm³/mol. The Balaban J connectivity index is 1.97. The molecule has 0 aromatic heterocycles. The van der Waals surface area contributed by atoms with Crippen LogP contribution in [0.1, 0.15) is 0 Å². The lowest BCUT2D eigenvalue weighted by Gasteiger charge is -2.15. The molecule has 0 unspecified atom stereocenters. The van der Waals surface area contributed by atoms with Gasteiger partial charge in [0.1, 0.15) is 0 Å². The van der Waals surface area contributed by atoms with Gasteiger partial charge in [0.05, 0.1) is 9.79 Å². The fourth-order valence-corrected chi connectivity index (χ4v) is 5.66. The minimum Gasteiger partial charge on any atom is -0.218 e. The molecule has 29 heavy (non-hydrogen) atoms. The zero-order chi connectivity index (χ0) is 20.4. The molecule has 4 rings (SSSR count). The first-order chi connectivity index (χ1) is 14.0. The molecule has 4 aromatic carbocycles. The molecule has 0 saturated carbocycles. The van der Waals surface area contributed by atoms with Crippen LogP contribution in [0.2, 0.25) is 0 Å². The molecule has 0 N–H and O–H groups in total. The van der Waals surface area contributed by atoms with E-state index in [-0.39, 0.29) is 9.79 Å². The third-order valence-corrected chi connectivity index (χ3v) is 7.49.